The third-order valence-corrected chi connectivity index (χ3v) is 5.75. The number of phenolic OH excluding ortho intramolecular Hbond substituents is 1. The van der Waals surface area contributed by atoms with E-state index in [0.717, 1.165) is 32.0 Å². The SMILES string of the molecule is Cc1cc(C(F)(F)F)cc(O)c1-c1cnc(NN2[C@@H]3CCCN(C3)[C@H](O)[C@H]2C)nn1. The first-order valence-electron chi connectivity index (χ1n) is 9.73. The highest BCUT2D eigenvalue weighted by atomic mass is 19.4. The molecule has 3 heterocycles. The lowest BCUT2D eigenvalue weighted by Crippen LogP contribution is -2.66. The zero-order valence-electron chi connectivity index (χ0n) is 16.6. The fraction of sp³-hybridized carbons (Fsp3) is 0.526. The fourth-order valence-corrected chi connectivity index (χ4v) is 4.25. The van der Waals surface area contributed by atoms with Gasteiger partial charge in [0.1, 0.15) is 17.7 Å². The highest BCUT2D eigenvalue weighted by Crippen LogP contribution is 2.38. The molecule has 4 atom stereocenters. The second kappa shape index (κ2) is 7.64. The minimum atomic E-state index is -4.55. The quantitative estimate of drug-likeness (QED) is 0.691. The van der Waals surface area contributed by atoms with Gasteiger partial charge in [-0.1, -0.05) is 0 Å². The van der Waals surface area contributed by atoms with Crippen LogP contribution in [0.1, 0.15) is 30.9 Å². The molecule has 11 heteroatoms. The number of nitrogens with zero attached hydrogens (tertiary/aromatic N) is 5. The number of anilines is 1. The predicted molar refractivity (Wildman–Crippen MR) is 102 cm³/mol. The van der Waals surface area contributed by atoms with E-state index in [0.29, 0.717) is 6.07 Å². The van der Waals surface area contributed by atoms with Gasteiger partial charge in [0.05, 0.1) is 17.8 Å². The van der Waals surface area contributed by atoms with E-state index in [9.17, 15) is 23.4 Å². The standard InChI is InChI=1S/C19H23F3N6O2/c1-10-6-12(19(20,21)22)7-15(29)16(10)14-8-23-18(25-24-14)26-28-11(2)17(30)27-5-3-4-13(28)9-27/h6-8,11,13,17,29-30H,3-5,9H2,1-2H3,(H,23,25,26)/t11-,13-,17-/m1/s1. The van der Waals surface area contributed by atoms with E-state index in [1.165, 1.54) is 13.1 Å². The van der Waals surface area contributed by atoms with Crippen LogP contribution in [0.2, 0.25) is 0 Å². The van der Waals surface area contributed by atoms with Crippen LogP contribution in [0.5, 0.6) is 5.75 Å². The molecule has 0 amide bonds. The number of benzene rings is 1. The number of nitrogens with one attached hydrogen (secondary N) is 1. The van der Waals surface area contributed by atoms with Crippen LogP contribution in [-0.4, -0.2) is 66.7 Å². The molecular weight excluding hydrogens is 401 g/mol. The summed E-state index contributed by atoms with van der Waals surface area (Å²) in [5.74, 6) is -0.324. The Hall–Kier alpha value is -2.50. The minimum absolute atomic E-state index is 0.152. The molecule has 0 saturated carbocycles. The Kier molecular flexibility index (Phi) is 5.28. The van der Waals surface area contributed by atoms with Gasteiger partial charge in [0.2, 0.25) is 0 Å². The maximum atomic E-state index is 12.9. The molecule has 2 bridgehead atoms. The van der Waals surface area contributed by atoms with Crippen molar-refractivity contribution in [2.75, 3.05) is 18.5 Å². The monoisotopic (exact) mass is 424 g/mol. The van der Waals surface area contributed by atoms with Crippen LogP contribution >= 0.6 is 0 Å². The Morgan fingerprint density at radius 1 is 1.23 bits per heavy atom. The number of piperidine rings is 1. The summed E-state index contributed by atoms with van der Waals surface area (Å²) in [6.45, 7) is 4.98. The molecule has 1 aromatic carbocycles. The van der Waals surface area contributed by atoms with E-state index >= 15 is 0 Å². The maximum Gasteiger partial charge on any atom is 0.416 e. The molecule has 2 aliphatic rings. The molecule has 1 aromatic heterocycles. The van der Waals surface area contributed by atoms with Crippen molar-refractivity contribution >= 4 is 5.95 Å². The van der Waals surface area contributed by atoms with Gasteiger partial charge in [0, 0.05) is 24.7 Å². The number of aromatic nitrogens is 3. The van der Waals surface area contributed by atoms with E-state index in [1.54, 1.807) is 0 Å². The van der Waals surface area contributed by atoms with E-state index < -0.39 is 23.7 Å². The van der Waals surface area contributed by atoms with E-state index in [-0.39, 0.29) is 34.9 Å². The summed E-state index contributed by atoms with van der Waals surface area (Å²) >= 11 is 0. The van der Waals surface area contributed by atoms with Crippen LogP contribution in [0.4, 0.5) is 19.1 Å². The Morgan fingerprint density at radius 3 is 2.63 bits per heavy atom. The number of aliphatic hydroxyl groups excluding tert-OH is 1. The largest absolute Gasteiger partial charge is 0.507 e. The molecule has 162 valence electrons. The van der Waals surface area contributed by atoms with Gasteiger partial charge in [-0.2, -0.15) is 13.2 Å². The summed E-state index contributed by atoms with van der Waals surface area (Å²) in [6.07, 6.45) is -1.85. The number of aromatic hydroxyl groups is 1. The molecule has 3 N–H and O–H groups in total. The maximum absolute atomic E-state index is 12.9. The minimum Gasteiger partial charge on any atom is -0.507 e. The molecule has 0 aliphatic carbocycles. The molecule has 1 unspecified atom stereocenters. The fourth-order valence-electron chi connectivity index (χ4n) is 4.25. The number of piperazine rings is 1. The van der Waals surface area contributed by atoms with Crippen molar-refractivity contribution < 1.29 is 23.4 Å². The Balaban J connectivity index is 1.55. The lowest BCUT2D eigenvalue weighted by atomic mass is 9.98. The average Bonchev–Trinajstić information content (AvgIpc) is 2.70. The normalized spacial score (nSPS) is 27.1. The van der Waals surface area contributed by atoms with Crippen LogP contribution in [0, 0.1) is 6.92 Å². The van der Waals surface area contributed by atoms with Gasteiger partial charge in [0.15, 0.2) is 0 Å². The second-order valence-corrected chi connectivity index (χ2v) is 7.82. The number of phenols is 1. The van der Waals surface area contributed by atoms with Crippen molar-refractivity contribution in [3.8, 4) is 17.0 Å². The Morgan fingerprint density at radius 2 is 2.00 bits per heavy atom. The zero-order chi connectivity index (χ0) is 21.6. The summed E-state index contributed by atoms with van der Waals surface area (Å²) < 4.78 is 38.8. The summed E-state index contributed by atoms with van der Waals surface area (Å²) in [6, 6.07) is 1.63. The van der Waals surface area contributed by atoms with Crippen LogP contribution in [-0.2, 0) is 6.18 Å². The van der Waals surface area contributed by atoms with Crippen molar-refractivity contribution in [1.29, 1.82) is 0 Å². The Bertz CT molecular complexity index is 898. The molecule has 2 aromatic rings. The molecule has 2 fully saturated rings. The van der Waals surface area contributed by atoms with Crippen molar-refractivity contribution in [2.45, 2.75) is 51.2 Å². The summed E-state index contributed by atoms with van der Waals surface area (Å²) in [7, 11) is 0. The number of hydrazine groups is 1. The third kappa shape index (κ3) is 3.80. The number of hydrogen-bond acceptors (Lipinski definition) is 8. The number of aryl methyl sites for hydroxylation is 1. The average molecular weight is 424 g/mol. The van der Waals surface area contributed by atoms with Gasteiger partial charge in [-0.25, -0.2) is 9.99 Å². The van der Waals surface area contributed by atoms with Gasteiger partial charge in [-0.05, 0) is 44.4 Å². The van der Waals surface area contributed by atoms with Crippen LogP contribution in [0.3, 0.4) is 0 Å². The smallest absolute Gasteiger partial charge is 0.416 e. The number of alkyl halides is 3. The molecular formula is C19H23F3N6O2. The van der Waals surface area contributed by atoms with Gasteiger partial charge in [-0.15, -0.1) is 10.2 Å². The third-order valence-electron chi connectivity index (χ3n) is 5.75. The number of hydrogen-bond donors (Lipinski definition) is 3. The summed E-state index contributed by atoms with van der Waals surface area (Å²) in [5, 5.41) is 30.6. The molecule has 2 saturated heterocycles. The van der Waals surface area contributed by atoms with Gasteiger partial charge < -0.3 is 10.2 Å². The zero-order valence-corrected chi connectivity index (χ0v) is 16.6. The number of halogens is 3. The van der Waals surface area contributed by atoms with Crippen molar-refractivity contribution in [3.05, 3.63) is 29.5 Å². The summed E-state index contributed by atoms with van der Waals surface area (Å²) in [4.78, 5) is 6.26. The highest BCUT2D eigenvalue weighted by Gasteiger charge is 2.41. The van der Waals surface area contributed by atoms with Crippen LogP contribution in [0.25, 0.3) is 11.3 Å². The molecule has 8 nitrogen and oxygen atoms in total. The summed E-state index contributed by atoms with van der Waals surface area (Å²) in [5.41, 5.74) is 2.71. The first kappa shape index (κ1) is 20.8. The molecule has 0 spiro atoms. The van der Waals surface area contributed by atoms with Gasteiger partial charge in [0.25, 0.3) is 5.95 Å². The van der Waals surface area contributed by atoms with Crippen molar-refractivity contribution in [1.82, 2.24) is 25.1 Å². The molecule has 4 rings (SSSR count). The molecule has 30 heavy (non-hydrogen) atoms. The molecule has 2 aliphatic heterocycles. The first-order valence-corrected chi connectivity index (χ1v) is 9.73. The number of aliphatic hydroxyl groups is 1. The lowest BCUT2D eigenvalue weighted by Gasteiger charge is -2.51. The topological polar surface area (TPSA) is 97.6 Å². The van der Waals surface area contributed by atoms with Gasteiger partial charge >= 0.3 is 6.18 Å². The van der Waals surface area contributed by atoms with Crippen molar-refractivity contribution in [2.24, 2.45) is 0 Å². The first-order chi connectivity index (χ1) is 14.1. The van der Waals surface area contributed by atoms with Gasteiger partial charge in [-0.3, -0.25) is 10.3 Å². The van der Waals surface area contributed by atoms with Crippen LogP contribution < -0.4 is 5.43 Å². The lowest BCUT2D eigenvalue weighted by molar-refractivity contribution is -0.137. The van der Waals surface area contributed by atoms with E-state index in [2.05, 4.69) is 25.5 Å². The van der Waals surface area contributed by atoms with E-state index in [1.807, 2.05) is 11.9 Å². The second-order valence-electron chi connectivity index (χ2n) is 7.82. The molecule has 0 radical (unpaired) electrons. The number of rotatable bonds is 3. The highest BCUT2D eigenvalue weighted by molar-refractivity contribution is 5.70. The Labute approximate surface area is 171 Å². The number of fused-ring (bicyclic) bond motifs is 2. The predicted octanol–water partition coefficient (Wildman–Crippen LogP) is 2.39. The van der Waals surface area contributed by atoms with Crippen molar-refractivity contribution in [3.63, 3.8) is 0 Å². The van der Waals surface area contributed by atoms with Crippen LogP contribution in [0.15, 0.2) is 18.3 Å². The van der Waals surface area contributed by atoms with E-state index in [4.69, 9.17) is 0 Å².